The lowest BCUT2D eigenvalue weighted by atomic mass is 9.74. The van der Waals surface area contributed by atoms with E-state index < -0.39 is 23.9 Å². The zero-order chi connectivity index (χ0) is 26.4. The highest BCUT2D eigenvalue weighted by Crippen LogP contribution is 2.63. The van der Waals surface area contributed by atoms with Crippen molar-refractivity contribution in [3.63, 3.8) is 0 Å². The lowest BCUT2D eigenvalue weighted by molar-refractivity contribution is 0.0715. The minimum absolute atomic E-state index is 0.0709. The van der Waals surface area contributed by atoms with E-state index in [0.29, 0.717) is 27.8 Å². The number of rotatable bonds is 5. The summed E-state index contributed by atoms with van der Waals surface area (Å²) in [7, 11) is 1.51. The van der Waals surface area contributed by atoms with Crippen molar-refractivity contribution in [3.05, 3.63) is 101 Å². The van der Waals surface area contributed by atoms with E-state index in [4.69, 9.17) is 4.74 Å². The van der Waals surface area contributed by atoms with Crippen LogP contribution < -0.4 is 0 Å². The molecular weight excluding hydrogens is 476 g/mol. The van der Waals surface area contributed by atoms with Gasteiger partial charge in [-0.25, -0.2) is 0 Å². The predicted molar refractivity (Wildman–Crippen MR) is 134 cm³/mol. The molecule has 190 valence electrons. The Morgan fingerprint density at radius 2 is 1.19 bits per heavy atom. The van der Waals surface area contributed by atoms with Crippen LogP contribution in [0, 0.1) is 0 Å². The third-order valence-corrected chi connectivity index (χ3v) is 7.05. The summed E-state index contributed by atoms with van der Waals surface area (Å²) in [5, 5.41) is 72.9. The number of aromatic hydroxyl groups is 7. The fourth-order valence-electron chi connectivity index (χ4n) is 5.70. The first-order chi connectivity index (χ1) is 17.7. The molecule has 4 aromatic carbocycles. The Kier molecular flexibility index (Phi) is 5.97. The molecule has 0 fully saturated rings. The van der Waals surface area contributed by atoms with Gasteiger partial charge in [0.05, 0.1) is 6.10 Å². The second kappa shape index (κ2) is 9.15. The molecule has 0 unspecified atom stereocenters. The number of benzene rings is 4. The Labute approximate surface area is 212 Å². The van der Waals surface area contributed by atoms with Crippen LogP contribution in [0.1, 0.15) is 51.7 Å². The van der Waals surface area contributed by atoms with Gasteiger partial charge in [0.2, 0.25) is 0 Å². The van der Waals surface area contributed by atoms with Gasteiger partial charge >= 0.3 is 0 Å². The first kappa shape index (κ1) is 24.1. The van der Waals surface area contributed by atoms with E-state index in [-0.39, 0.29) is 40.2 Å². The maximum absolute atomic E-state index is 11.1. The number of hydrogen-bond acceptors (Lipinski definition) is 8. The summed E-state index contributed by atoms with van der Waals surface area (Å²) < 4.78 is 5.97. The smallest absolute Gasteiger partial charge is 0.123 e. The number of methoxy groups -OCH3 is 1. The van der Waals surface area contributed by atoms with Gasteiger partial charge in [-0.15, -0.1) is 0 Å². The summed E-state index contributed by atoms with van der Waals surface area (Å²) in [6.45, 7) is 0. The molecule has 0 heterocycles. The number of hydrogen-bond donors (Lipinski definition) is 7. The number of phenols is 7. The zero-order valence-corrected chi connectivity index (χ0v) is 19.8. The standard InChI is InChI=1S/C29H26O8/c1-37-29(14-2-4-16(30)5-3-14)28-22-11-20(34)13-24(36)26(22)25(15-8-18(32)10-19(33)9-15)27(28)21-7-6-17(31)12-23(21)35/h2-13,25,27-36H,1H3/t25-,27+,28+,29+/m1/s1. The minimum atomic E-state index is -0.705. The van der Waals surface area contributed by atoms with Crippen molar-refractivity contribution in [3.8, 4) is 40.2 Å². The van der Waals surface area contributed by atoms with Crippen LogP contribution in [0.25, 0.3) is 0 Å². The number of phenolic OH excluding ortho intramolecular Hbond substituents is 7. The molecule has 5 rings (SSSR count). The molecule has 0 spiro atoms. The Morgan fingerprint density at radius 3 is 1.81 bits per heavy atom. The van der Waals surface area contributed by atoms with E-state index in [1.807, 2.05) is 0 Å². The Hall–Kier alpha value is -4.56. The zero-order valence-electron chi connectivity index (χ0n) is 19.8. The Balaban J connectivity index is 1.83. The molecule has 0 amide bonds. The molecule has 0 aromatic heterocycles. The van der Waals surface area contributed by atoms with Gasteiger partial charge < -0.3 is 40.5 Å². The molecule has 37 heavy (non-hydrogen) atoms. The van der Waals surface area contributed by atoms with Crippen molar-refractivity contribution in [2.24, 2.45) is 0 Å². The van der Waals surface area contributed by atoms with E-state index in [1.165, 1.54) is 61.7 Å². The van der Waals surface area contributed by atoms with Crippen LogP contribution in [0.15, 0.2) is 72.8 Å². The van der Waals surface area contributed by atoms with E-state index >= 15 is 0 Å². The summed E-state index contributed by atoms with van der Waals surface area (Å²) in [5.74, 6) is -2.96. The molecule has 1 aliphatic carbocycles. The Morgan fingerprint density at radius 1 is 0.595 bits per heavy atom. The normalized spacial score (nSPS) is 19.4. The second-order valence-electron chi connectivity index (χ2n) is 9.27. The van der Waals surface area contributed by atoms with Gasteiger partial charge in [0, 0.05) is 48.6 Å². The van der Waals surface area contributed by atoms with Crippen LogP contribution in [0.3, 0.4) is 0 Å². The highest BCUT2D eigenvalue weighted by Gasteiger charge is 2.49. The molecular formula is C29H26O8. The predicted octanol–water partition coefficient (Wildman–Crippen LogP) is 5.03. The van der Waals surface area contributed by atoms with Crippen molar-refractivity contribution < 1.29 is 40.5 Å². The molecule has 0 saturated heterocycles. The van der Waals surface area contributed by atoms with Gasteiger partial charge in [0.15, 0.2) is 0 Å². The molecule has 0 aliphatic heterocycles. The summed E-state index contributed by atoms with van der Waals surface area (Å²) in [5.41, 5.74) is 2.56. The SMILES string of the molecule is CO[C@@H](c1ccc(O)cc1)[C@H]1c2cc(O)cc(O)c2[C@@H](c2cc(O)cc(O)c2)[C@@H]1c1ccc(O)cc1O. The first-order valence-electron chi connectivity index (χ1n) is 11.6. The summed E-state index contributed by atoms with van der Waals surface area (Å²) in [4.78, 5) is 0. The lowest BCUT2D eigenvalue weighted by Crippen LogP contribution is -2.20. The van der Waals surface area contributed by atoms with Gasteiger partial charge in [-0.2, -0.15) is 0 Å². The molecule has 4 aromatic rings. The molecule has 0 bridgehead atoms. The molecule has 1 aliphatic rings. The van der Waals surface area contributed by atoms with E-state index in [9.17, 15) is 35.7 Å². The van der Waals surface area contributed by atoms with Crippen molar-refractivity contribution in [2.45, 2.75) is 23.9 Å². The van der Waals surface area contributed by atoms with Crippen LogP contribution >= 0.6 is 0 Å². The molecule has 0 saturated carbocycles. The van der Waals surface area contributed by atoms with Crippen molar-refractivity contribution in [2.75, 3.05) is 7.11 Å². The minimum Gasteiger partial charge on any atom is -0.508 e. The first-order valence-corrected chi connectivity index (χ1v) is 11.6. The van der Waals surface area contributed by atoms with Crippen LogP contribution in [0.2, 0.25) is 0 Å². The average molecular weight is 503 g/mol. The monoisotopic (exact) mass is 502 g/mol. The average Bonchev–Trinajstić information content (AvgIpc) is 3.15. The second-order valence-corrected chi connectivity index (χ2v) is 9.27. The topological polar surface area (TPSA) is 151 Å². The fraction of sp³-hybridized carbons (Fsp3) is 0.172. The third-order valence-electron chi connectivity index (χ3n) is 7.05. The highest BCUT2D eigenvalue weighted by molar-refractivity contribution is 5.62. The fourth-order valence-corrected chi connectivity index (χ4v) is 5.70. The van der Waals surface area contributed by atoms with Crippen molar-refractivity contribution >= 4 is 0 Å². The maximum Gasteiger partial charge on any atom is 0.123 e. The van der Waals surface area contributed by atoms with Crippen LogP contribution in [-0.2, 0) is 4.74 Å². The lowest BCUT2D eigenvalue weighted by Gasteiger charge is -2.32. The molecule has 8 nitrogen and oxygen atoms in total. The van der Waals surface area contributed by atoms with Crippen LogP contribution in [-0.4, -0.2) is 42.9 Å². The van der Waals surface area contributed by atoms with Crippen molar-refractivity contribution in [1.29, 1.82) is 0 Å². The van der Waals surface area contributed by atoms with E-state index in [2.05, 4.69) is 0 Å². The van der Waals surface area contributed by atoms with Gasteiger partial charge in [0.25, 0.3) is 0 Å². The van der Waals surface area contributed by atoms with Gasteiger partial charge in [-0.3, -0.25) is 0 Å². The molecule has 0 radical (unpaired) electrons. The van der Waals surface area contributed by atoms with Crippen molar-refractivity contribution in [1.82, 2.24) is 0 Å². The third kappa shape index (κ3) is 4.21. The summed E-state index contributed by atoms with van der Waals surface area (Å²) >= 11 is 0. The van der Waals surface area contributed by atoms with Crippen LogP contribution in [0.4, 0.5) is 0 Å². The van der Waals surface area contributed by atoms with E-state index in [1.54, 1.807) is 18.2 Å². The molecule has 7 N–H and O–H groups in total. The van der Waals surface area contributed by atoms with Gasteiger partial charge in [-0.1, -0.05) is 18.2 Å². The molecule has 8 heteroatoms. The highest BCUT2D eigenvalue weighted by atomic mass is 16.5. The quantitative estimate of drug-likeness (QED) is 0.201. The van der Waals surface area contributed by atoms with E-state index in [0.717, 1.165) is 0 Å². The maximum atomic E-state index is 11.1. The summed E-state index contributed by atoms with van der Waals surface area (Å²) in [6, 6.07) is 17.5. The Bertz CT molecular complexity index is 1440. The van der Waals surface area contributed by atoms with Gasteiger partial charge in [-0.05, 0) is 58.7 Å². The summed E-state index contributed by atoms with van der Waals surface area (Å²) in [6.07, 6.45) is -0.672. The number of ether oxygens (including phenoxy) is 1. The largest absolute Gasteiger partial charge is 0.508 e. The number of fused-ring (bicyclic) bond motifs is 1. The van der Waals surface area contributed by atoms with Crippen LogP contribution in [0.5, 0.6) is 40.2 Å². The van der Waals surface area contributed by atoms with Gasteiger partial charge in [0.1, 0.15) is 40.2 Å². The molecule has 4 atom stereocenters.